The van der Waals surface area contributed by atoms with Crippen molar-refractivity contribution in [1.82, 2.24) is 5.32 Å². The number of hydrogen-bond acceptors (Lipinski definition) is 2. The van der Waals surface area contributed by atoms with Crippen LogP contribution >= 0.6 is 0 Å². The molecule has 0 bridgehead atoms. The standard InChI is InChI=1S/C16H21NO3/c18-14(19)8-4-11-17-15(20)16(9-5-10-16)12-13-6-2-1-3-7-13/h1-3,6-7H,4-5,8-12H2,(H,17,20)(H,18,19). The third kappa shape index (κ3) is 3.59. The Morgan fingerprint density at radius 3 is 2.45 bits per heavy atom. The summed E-state index contributed by atoms with van der Waals surface area (Å²) in [7, 11) is 0. The molecule has 0 unspecified atom stereocenters. The van der Waals surface area contributed by atoms with E-state index in [9.17, 15) is 9.59 Å². The number of aliphatic carboxylic acids is 1. The number of hydrogen-bond donors (Lipinski definition) is 2. The molecular formula is C16H21NO3. The molecule has 1 saturated carbocycles. The summed E-state index contributed by atoms with van der Waals surface area (Å²) in [5.74, 6) is -0.736. The summed E-state index contributed by atoms with van der Waals surface area (Å²) in [5, 5.41) is 11.5. The summed E-state index contributed by atoms with van der Waals surface area (Å²) in [4.78, 5) is 22.8. The Bertz CT molecular complexity index is 466. The minimum absolute atomic E-state index is 0.0815. The van der Waals surface area contributed by atoms with Crippen LogP contribution in [-0.2, 0) is 16.0 Å². The van der Waals surface area contributed by atoms with Crippen LogP contribution in [0.4, 0.5) is 0 Å². The molecule has 4 nitrogen and oxygen atoms in total. The summed E-state index contributed by atoms with van der Waals surface area (Å²) in [5.41, 5.74) is 0.915. The second-order valence-electron chi connectivity index (χ2n) is 5.55. The van der Waals surface area contributed by atoms with Crippen LogP contribution < -0.4 is 5.32 Å². The number of carbonyl (C=O) groups excluding carboxylic acids is 1. The van der Waals surface area contributed by atoms with Crippen LogP contribution in [0.2, 0.25) is 0 Å². The van der Waals surface area contributed by atoms with Crippen LogP contribution in [0.1, 0.15) is 37.7 Å². The molecule has 1 amide bonds. The van der Waals surface area contributed by atoms with E-state index in [-0.39, 0.29) is 17.7 Å². The molecule has 0 atom stereocenters. The molecule has 1 aromatic carbocycles. The van der Waals surface area contributed by atoms with Gasteiger partial charge in [-0.25, -0.2) is 0 Å². The van der Waals surface area contributed by atoms with Crippen molar-refractivity contribution >= 4 is 11.9 Å². The monoisotopic (exact) mass is 275 g/mol. The van der Waals surface area contributed by atoms with E-state index in [1.165, 1.54) is 5.56 Å². The first-order valence-electron chi connectivity index (χ1n) is 7.16. The maximum atomic E-state index is 12.3. The molecule has 1 aromatic rings. The average molecular weight is 275 g/mol. The van der Waals surface area contributed by atoms with Gasteiger partial charge < -0.3 is 10.4 Å². The smallest absolute Gasteiger partial charge is 0.303 e. The quantitative estimate of drug-likeness (QED) is 0.751. The zero-order valence-electron chi connectivity index (χ0n) is 11.6. The normalized spacial score (nSPS) is 16.2. The Kier molecular flexibility index (Phi) is 4.77. The van der Waals surface area contributed by atoms with Crippen molar-refractivity contribution in [3.8, 4) is 0 Å². The zero-order chi connectivity index (χ0) is 14.4. The number of carboxylic acids is 1. The average Bonchev–Trinajstić information content (AvgIpc) is 2.39. The Hall–Kier alpha value is -1.84. The highest BCUT2D eigenvalue weighted by atomic mass is 16.4. The molecule has 108 valence electrons. The highest BCUT2D eigenvalue weighted by Gasteiger charge is 2.43. The minimum atomic E-state index is -0.818. The van der Waals surface area contributed by atoms with Crippen molar-refractivity contribution in [1.29, 1.82) is 0 Å². The molecule has 0 heterocycles. The fourth-order valence-corrected chi connectivity index (χ4v) is 2.70. The Labute approximate surface area is 119 Å². The van der Waals surface area contributed by atoms with E-state index in [4.69, 9.17) is 5.11 Å². The molecule has 0 aromatic heterocycles. The predicted molar refractivity (Wildman–Crippen MR) is 76.3 cm³/mol. The van der Waals surface area contributed by atoms with Crippen molar-refractivity contribution in [2.75, 3.05) is 6.54 Å². The number of carbonyl (C=O) groups is 2. The molecule has 1 aliphatic rings. The largest absolute Gasteiger partial charge is 0.481 e. The third-order valence-corrected chi connectivity index (χ3v) is 4.03. The molecule has 4 heteroatoms. The van der Waals surface area contributed by atoms with E-state index in [0.29, 0.717) is 13.0 Å². The van der Waals surface area contributed by atoms with Gasteiger partial charge in [-0.2, -0.15) is 0 Å². The third-order valence-electron chi connectivity index (χ3n) is 4.03. The van der Waals surface area contributed by atoms with E-state index in [0.717, 1.165) is 25.7 Å². The first kappa shape index (κ1) is 14.6. The van der Waals surface area contributed by atoms with Gasteiger partial charge in [0, 0.05) is 13.0 Å². The second-order valence-corrected chi connectivity index (χ2v) is 5.55. The zero-order valence-corrected chi connectivity index (χ0v) is 11.6. The maximum Gasteiger partial charge on any atom is 0.303 e. The first-order chi connectivity index (χ1) is 9.62. The Morgan fingerprint density at radius 2 is 1.90 bits per heavy atom. The number of rotatable bonds is 7. The van der Waals surface area contributed by atoms with Crippen molar-refractivity contribution in [2.45, 2.75) is 38.5 Å². The second kappa shape index (κ2) is 6.55. The molecule has 0 aliphatic heterocycles. The molecule has 1 aliphatic carbocycles. The fraction of sp³-hybridized carbons (Fsp3) is 0.500. The van der Waals surface area contributed by atoms with Crippen LogP contribution in [0, 0.1) is 5.41 Å². The topological polar surface area (TPSA) is 66.4 Å². The first-order valence-corrected chi connectivity index (χ1v) is 7.16. The highest BCUT2D eigenvalue weighted by molar-refractivity contribution is 5.83. The van der Waals surface area contributed by atoms with Crippen LogP contribution in [-0.4, -0.2) is 23.5 Å². The molecule has 0 saturated heterocycles. The van der Waals surface area contributed by atoms with Gasteiger partial charge in [-0.05, 0) is 31.2 Å². The van der Waals surface area contributed by atoms with Gasteiger partial charge >= 0.3 is 5.97 Å². The van der Waals surface area contributed by atoms with Gasteiger partial charge in [0.15, 0.2) is 0 Å². The van der Waals surface area contributed by atoms with Crippen molar-refractivity contribution in [2.24, 2.45) is 5.41 Å². The van der Waals surface area contributed by atoms with Gasteiger partial charge in [0.2, 0.25) is 5.91 Å². The molecule has 0 spiro atoms. The van der Waals surface area contributed by atoms with E-state index < -0.39 is 5.97 Å². The summed E-state index contributed by atoms with van der Waals surface area (Å²) in [6.45, 7) is 0.446. The Morgan fingerprint density at radius 1 is 1.20 bits per heavy atom. The van der Waals surface area contributed by atoms with Gasteiger partial charge in [0.05, 0.1) is 5.41 Å². The van der Waals surface area contributed by atoms with Gasteiger partial charge in [0.25, 0.3) is 0 Å². The lowest BCUT2D eigenvalue weighted by Gasteiger charge is -2.40. The number of carboxylic acid groups (broad SMARTS) is 1. The molecule has 1 fully saturated rings. The van der Waals surface area contributed by atoms with Gasteiger partial charge in [0.1, 0.15) is 0 Å². The molecule has 0 radical (unpaired) electrons. The molecular weight excluding hydrogens is 254 g/mol. The van der Waals surface area contributed by atoms with Crippen molar-refractivity contribution in [3.63, 3.8) is 0 Å². The van der Waals surface area contributed by atoms with Gasteiger partial charge in [-0.15, -0.1) is 0 Å². The van der Waals surface area contributed by atoms with Crippen molar-refractivity contribution in [3.05, 3.63) is 35.9 Å². The lowest BCUT2D eigenvalue weighted by molar-refractivity contribution is -0.138. The summed E-state index contributed by atoms with van der Waals surface area (Å²) < 4.78 is 0. The summed E-state index contributed by atoms with van der Waals surface area (Å²) in [6, 6.07) is 10.1. The molecule has 2 N–H and O–H groups in total. The highest BCUT2D eigenvalue weighted by Crippen LogP contribution is 2.43. The van der Waals surface area contributed by atoms with E-state index >= 15 is 0 Å². The summed E-state index contributed by atoms with van der Waals surface area (Å²) in [6.07, 6.45) is 4.31. The van der Waals surface area contributed by atoms with Crippen LogP contribution in [0.5, 0.6) is 0 Å². The van der Waals surface area contributed by atoms with Gasteiger partial charge in [-0.3, -0.25) is 9.59 Å². The molecule has 20 heavy (non-hydrogen) atoms. The van der Waals surface area contributed by atoms with Crippen molar-refractivity contribution < 1.29 is 14.7 Å². The van der Waals surface area contributed by atoms with Crippen LogP contribution in [0.3, 0.4) is 0 Å². The molecule has 2 rings (SSSR count). The maximum absolute atomic E-state index is 12.3. The van der Waals surface area contributed by atoms with E-state index in [1.54, 1.807) is 0 Å². The van der Waals surface area contributed by atoms with Gasteiger partial charge in [-0.1, -0.05) is 36.8 Å². The Balaban J connectivity index is 1.87. The minimum Gasteiger partial charge on any atom is -0.481 e. The number of amides is 1. The van der Waals surface area contributed by atoms with E-state index in [1.807, 2.05) is 18.2 Å². The summed E-state index contributed by atoms with van der Waals surface area (Å²) >= 11 is 0. The SMILES string of the molecule is O=C(O)CCCNC(=O)C1(Cc2ccccc2)CCC1. The number of benzene rings is 1. The van der Waals surface area contributed by atoms with E-state index in [2.05, 4.69) is 17.4 Å². The van der Waals surface area contributed by atoms with Crippen LogP contribution in [0.15, 0.2) is 30.3 Å². The van der Waals surface area contributed by atoms with Crippen LogP contribution in [0.25, 0.3) is 0 Å². The lowest BCUT2D eigenvalue weighted by atomic mass is 9.64. The lowest BCUT2D eigenvalue weighted by Crippen LogP contribution is -2.47. The number of nitrogens with one attached hydrogen (secondary N) is 1. The fourth-order valence-electron chi connectivity index (χ4n) is 2.70. The predicted octanol–water partition coefficient (Wildman–Crippen LogP) is 2.38.